The SMILES string of the molecule is CCOc1ccc(NC(=O)CNC(=O)c2ccccc2)cc1F. The van der Waals surface area contributed by atoms with Gasteiger partial charge < -0.3 is 15.4 Å². The molecule has 0 aliphatic carbocycles. The van der Waals surface area contributed by atoms with E-state index in [1.165, 1.54) is 18.2 Å². The lowest BCUT2D eigenvalue weighted by Crippen LogP contribution is -2.32. The zero-order valence-corrected chi connectivity index (χ0v) is 12.6. The van der Waals surface area contributed by atoms with Crippen LogP contribution in [-0.4, -0.2) is 25.0 Å². The van der Waals surface area contributed by atoms with Crippen LogP contribution in [0.25, 0.3) is 0 Å². The number of halogens is 1. The maximum Gasteiger partial charge on any atom is 0.251 e. The van der Waals surface area contributed by atoms with Gasteiger partial charge in [0.15, 0.2) is 11.6 Å². The largest absolute Gasteiger partial charge is 0.491 e. The molecule has 2 N–H and O–H groups in total. The number of hydrogen-bond acceptors (Lipinski definition) is 3. The standard InChI is InChI=1S/C17H17FN2O3/c1-2-23-15-9-8-13(10-14(15)18)20-16(21)11-19-17(22)12-6-4-3-5-7-12/h3-10H,2,11H2,1H3,(H,19,22)(H,20,21). The highest BCUT2D eigenvalue weighted by atomic mass is 19.1. The minimum atomic E-state index is -0.557. The van der Waals surface area contributed by atoms with Gasteiger partial charge in [0, 0.05) is 17.3 Å². The summed E-state index contributed by atoms with van der Waals surface area (Å²) < 4.78 is 18.8. The van der Waals surface area contributed by atoms with Crippen molar-refractivity contribution < 1.29 is 18.7 Å². The molecule has 0 aliphatic rings. The summed E-state index contributed by atoms with van der Waals surface area (Å²) in [6.07, 6.45) is 0. The first-order chi connectivity index (χ1) is 11.1. The summed E-state index contributed by atoms with van der Waals surface area (Å²) in [5.74, 6) is -1.22. The van der Waals surface area contributed by atoms with Gasteiger partial charge in [0.1, 0.15) is 0 Å². The fourth-order valence-electron chi connectivity index (χ4n) is 1.91. The van der Waals surface area contributed by atoms with Crippen molar-refractivity contribution >= 4 is 17.5 Å². The second-order valence-electron chi connectivity index (χ2n) is 4.68. The van der Waals surface area contributed by atoms with Gasteiger partial charge in [-0.1, -0.05) is 18.2 Å². The lowest BCUT2D eigenvalue weighted by molar-refractivity contribution is -0.115. The Morgan fingerprint density at radius 2 is 1.87 bits per heavy atom. The molecule has 0 radical (unpaired) electrons. The van der Waals surface area contributed by atoms with Gasteiger partial charge in [0.2, 0.25) is 5.91 Å². The van der Waals surface area contributed by atoms with Gasteiger partial charge in [-0.15, -0.1) is 0 Å². The van der Waals surface area contributed by atoms with Crippen LogP contribution in [-0.2, 0) is 4.79 Å². The van der Waals surface area contributed by atoms with E-state index in [0.717, 1.165) is 0 Å². The Kier molecular flexibility index (Phi) is 5.68. The van der Waals surface area contributed by atoms with Crippen LogP contribution < -0.4 is 15.4 Å². The summed E-state index contributed by atoms with van der Waals surface area (Å²) >= 11 is 0. The maximum atomic E-state index is 13.7. The maximum absolute atomic E-state index is 13.7. The smallest absolute Gasteiger partial charge is 0.251 e. The van der Waals surface area contributed by atoms with Crippen molar-refractivity contribution in [2.45, 2.75) is 6.92 Å². The average molecular weight is 316 g/mol. The Bertz CT molecular complexity index is 689. The van der Waals surface area contributed by atoms with Crippen molar-refractivity contribution in [2.24, 2.45) is 0 Å². The summed E-state index contributed by atoms with van der Waals surface area (Å²) in [4.78, 5) is 23.6. The van der Waals surface area contributed by atoms with Crippen molar-refractivity contribution in [1.82, 2.24) is 5.32 Å². The molecule has 6 heteroatoms. The van der Waals surface area contributed by atoms with Gasteiger partial charge in [-0.05, 0) is 31.2 Å². The van der Waals surface area contributed by atoms with Crippen LogP contribution in [0.3, 0.4) is 0 Å². The van der Waals surface area contributed by atoms with Gasteiger partial charge in [-0.25, -0.2) is 4.39 Å². The molecule has 2 aromatic rings. The molecule has 23 heavy (non-hydrogen) atoms. The van der Waals surface area contributed by atoms with Crippen LogP contribution in [0.15, 0.2) is 48.5 Å². The minimum Gasteiger partial charge on any atom is -0.491 e. The number of carbonyl (C=O) groups is 2. The first kappa shape index (κ1) is 16.5. The number of ether oxygens (including phenoxy) is 1. The zero-order valence-electron chi connectivity index (χ0n) is 12.6. The highest BCUT2D eigenvalue weighted by molar-refractivity contribution is 5.99. The molecule has 0 aromatic heterocycles. The minimum absolute atomic E-state index is 0.128. The Morgan fingerprint density at radius 3 is 2.52 bits per heavy atom. The molecule has 0 bridgehead atoms. The fourth-order valence-corrected chi connectivity index (χ4v) is 1.91. The predicted molar refractivity (Wildman–Crippen MR) is 85.0 cm³/mol. The topological polar surface area (TPSA) is 67.4 Å². The number of benzene rings is 2. The van der Waals surface area contributed by atoms with Gasteiger partial charge >= 0.3 is 0 Å². The van der Waals surface area contributed by atoms with Crippen molar-refractivity contribution in [3.63, 3.8) is 0 Å². The molecular formula is C17H17FN2O3. The van der Waals surface area contributed by atoms with Crippen molar-refractivity contribution in [2.75, 3.05) is 18.5 Å². The van der Waals surface area contributed by atoms with E-state index in [-0.39, 0.29) is 18.2 Å². The van der Waals surface area contributed by atoms with E-state index in [9.17, 15) is 14.0 Å². The first-order valence-corrected chi connectivity index (χ1v) is 7.15. The molecule has 2 amide bonds. The van der Waals surface area contributed by atoms with Crippen molar-refractivity contribution in [3.05, 3.63) is 59.9 Å². The number of rotatable bonds is 6. The quantitative estimate of drug-likeness (QED) is 0.861. The highest BCUT2D eigenvalue weighted by Crippen LogP contribution is 2.20. The van der Waals surface area contributed by atoms with E-state index >= 15 is 0 Å². The molecule has 120 valence electrons. The van der Waals surface area contributed by atoms with Gasteiger partial charge in [-0.2, -0.15) is 0 Å². The Labute approximate surface area is 133 Å². The molecule has 0 saturated carbocycles. The normalized spacial score (nSPS) is 10.0. The second-order valence-corrected chi connectivity index (χ2v) is 4.68. The third-order valence-corrected chi connectivity index (χ3v) is 2.96. The Morgan fingerprint density at radius 1 is 1.13 bits per heavy atom. The average Bonchev–Trinajstić information content (AvgIpc) is 2.56. The third kappa shape index (κ3) is 4.81. The van der Waals surface area contributed by atoms with E-state index in [4.69, 9.17) is 4.74 Å². The molecule has 2 aromatic carbocycles. The number of nitrogens with one attached hydrogen (secondary N) is 2. The van der Waals surface area contributed by atoms with E-state index < -0.39 is 11.7 Å². The fraction of sp³-hybridized carbons (Fsp3) is 0.176. The van der Waals surface area contributed by atoms with Crippen LogP contribution in [0.4, 0.5) is 10.1 Å². The Hall–Kier alpha value is -2.89. The zero-order chi connectivity index (χ0) is 16.7. The molecule has 0 atom stereocenters. The predicted octanol–water partition coefficient (Wildman–Crippen LogP) is 2.59. The number of carbonyl (C=O) groups excluding carboxylic acids is 2. The van der Waals surface area contributed by atoms with E-state index in [1.54, 1.807) is 37.3 Å². The van der Waals surface area contributed by atoms with E-state index in [2.05, 4.69) is 10.6 Å². The Balaban J connectivity index is 1.87. The van der Waals surface area contributed by atoms with Gasteiger partial charge in [0.25, 0.3) is 5.91 Å². The van der Waals surface area contributed by atoms with Crippen LogP contribution in [0.5, 0.6) is 5.75 Å². The molecule has 0 unspecified atom stereocenters. The molecule has 0 fully saturated rings. The van der Waals surface area contributed by atoms with E-state index in [0.29, 0.717) is 17.9 Å². The van der Waals surface area contributed by atoms with Crippen LogP contribution in [0.2, 0.25) is 0 Å². The second kappa shape index (κ2) is 7.93. The molecule has 0 saturated heterocycles. The van der Waals surface area contributed by atoms with Gasteiger partial charge in [-0.3, -0.25) is 9.59 Å². The molecule has 5 nitrogen and oxygen atoms in total. The summed E-state index contributed by atoms with van der Waals surface area (Å²) in [7, 11) is 0. The van der Waals surface area contributed by atoms with Crippen LogP contribution in [0.1, 0.15) is 17.3 Å². The van der Waals surface area contributed by atoms with Gasteiger partial charge in [0.05, 0.1) is 13.2 Å². The summed E-state index contributed by atoms with van der Waals surface area (Å²) in [6, 6.07) is 12.7. The summed E-state index contributed by atoms with van der Waals surface area (Å²) in [6.45, 7) is 1.90. The van der Waals surface area contributed by atoms with Crippen LogP contribution in [0, 0.1) is 5.82 Å². The summed E-state index contributed by atoms with van der Waals surface area (Å²) in [5, 5.41) is 5.01. The lowest BCUT2D eigenvalue weighted by Gasteiger charge is -2.09. The first-order valence-electron chi connectivity index (χ1n) is 7.15. The van der Waals surface area contributed by atoms with Crippen LogP contribution >= 0.6 is 0 Å². The molecule has 0 heterocycles. The third-order valence-electron chi connectivity index (χ3n) is 2.96. The summed E-state index contributed by atoms with van der Waals surface area (Å²) in [5.41, 5.74) is 0.761. The number of amides is 2. The monoisotopic (exact) mass is 316 g/mol. The van der Waals surface area contributed by atoms with Crippen molar-refractivity contribution in [1.29, 1.82) is 0 Å². The lowest BCUT2D eigenvalue weighted by atomic mass is 10.2. The molecule has 0 aliphatic heterocycles. The van der Waals surface area contributed by atoms with E-state index in [1.807, 2.05) is 0 Å². The number of hydrogen-bond donors (Lipinski definition) is 2. The molecular weight excluding hydrogens is 299 g/mol. The number of anilines is 1. The van der Waals surface area contributed by atoms with Crippen molar-refractivity contribution in [3.8, 4) is 5.75 Å². The molecule has 0 spiro atoms. The highest BCUT2D eigenvalue weighted by Gasteiger charge is 2.09. The molecule has 2 rings (SSSR count).